The van der Waals surface area contributed by atoms with Gasteiger partial charge in [0.05, 0.1) is 17.7 Å². The molecule has 1 atom stereocenters. The quantitative estimate of drug-likeness (QED) is 0.268. The van der Waals surface area contributed by atoms with Crippen LogP contribution in [-0.2, 0) is 9.53 Å². The summed E-state index contributed by atoms with van der Waals surface area (Å²) >= 11 is 6.95. The van der Waals surface area contributed by atoms with Gasteiger partial charge in [0, 0.05) is 9.81 Å². The van der Waals surface area contributed by atoms with Crippen LogP contribution in [0.3, 0.4) is 0 Å². The van der Waals surface area contributed by atoms with Crippen LogP contribution in [0.5, 0.6) is 0 Å². The highest BCUT2D eigenvalue weighted by atomic mass is 35.5. The third-order valence-electron chi connectivity index (χ3n) is 2.49. The number of amides is 1. The van der Waals surface area contributed by atoms with Gasteiger partial charge in [-0.1, -0.05) is 18.5 Å². The molecule has 0 radical (unpaired) electrons. The third kappa shape index (κ3) is 4.35. The Hall–Kier alpha value is -1.76. The number of ether oxygens (including phenoxy) is 1. The zero-order valence-corrected chi connectivity index (χ0v) is 12.7. The summed E-state index contributed by atoms with van der Waals surface area (Å²) in [6.07, 6.45) is 0.463. The van der Waals surface area contributed by atoms with Crippen LogP contribution in [0.25, 0.3) is 10.4 Å². The summed E-state index contributed by atoms with van der Waals surface area (Å²) in [6, 6.07) is 2.10. The van der Waals surface area contributed by atoms with Gasteiger partial charge in [-0.05, 0) is 29.2 Å². The van der Waals surface area contributed by atoms with Crippen molar-refractivity contribution in [1.82, 2.24) is 0 Å². The highest BCUT2D eigenvalue weighted by Crippen LogP contribution is 2.34. The lowest BCUT2D eigenvalue weighted by atomic mass is 10.2. The minimum absolute atomic E-state index is 0.0531. The first kappa shape index (κ1) is 17.3. The smallest absolute Gasteiger partial charge is 0.319 e. The number of rotatable bonds is 5. The van der Waals surface area contributed by atoms with Crippen LogP contribution in [-0.4, -0.2) is 24.2 Å². The summed E-state index contributed by atoms with van der Waals surface area (Å²) in [5.41, 5.74) is 7.82. The van der Waals surface area contributed by atoms with E-state index in [-0.39, 0.29) is 5.02 Å². The number of hydrogen-bond donors (Lipinski definition) is 0. The lowest BCUT2D eigenvalue weighted by Gasteiger charge is -2.13. The Kier molecular flexibility index (Phi) is 6.48. The molecule has 21 heavy (non-hydrogen) atoms. The molecule has 0 N–H and O–H groups in total. The van der Waals surface area contributed by atoms with Gasteiger partial charge in [0.2, 0.25) is 0 Å². The highest BCUT2D eigenvalue weighted by Gasteiger charge is 2.22. The zero-order valence-electron chi connectivity index (χ0n) is 11.2. The van der Waals surface area contributed by atoms with E-state index in [1.54, 1.807) is 6.92 Å². The number of carbonyl (C=O) groups excluding carboxylic acids is 2. The van der Waals surface area contributed by atoms with E-state index < -0.39 is 28.5 Å². The van der Waals surface area contributed by atoms with Crippen LogP contribution in [0.15, 0.2) is 22.1 Å². The molecule has 6 nitrogen and oxygen atoms in total. The molecule has 112 valence electrons. The standard InChI is InChI=1S/C12H11ClFN3O3S/c1-3-9(12(19)20-2)21-10-4-6(11(18)16-17-15)8(14)5-7(10)13/h4-5,9H,3H2,1-2H3. The second kappa shape index (κ2) is 7.87. The van der Waals surface area contributed by atoms with Crippen LogP contribution in [0, 0.1) is 5.82 Å². The molecule has 0 aliphatic rings. The van der Waals surface area contributed by atoms with Crippen molar-refractivity contribution in [3.8, 4) is 0 Å². The van der Waals surface area contributed by atoms with Gasteiger partial charge in [0.25, 0.3) is 5.91 Å². The Balaban J connectivity index is 3.18. The highest BCUT2D eigenvalue weighted by molar-refractivity contribution is 8.00. The molecule has 1 amide bonds. The van der Waals surface area contributed by atoms with Gasteiger partial charge >= 0.3 is 5.97 Å². The Bertz CT molecular complexity index is 620. The van der Waals surface area contributed by atoms with Gasteiger partial charge in [-0.25, -0.2) is 4.39 Å². The largest absolute Gasteiger partial charge is 0.468 e. The van der Waals surface area contributed by atoms with Crippen molar-refractivity contribution in [3.63, 3.8) is 0 Å². The summed E-state index contributed by atoms with van der Waals surface area (Å²) < 4.78 is 18.3. The molecule has 0 saturated carbocycles. The van der Waals surface area contributed by atoms with E-state index in [0.29, 0.717) is 11.3 Å². The fraction of sp³-hybridized carbons (Fsp3) is 0.333. The van der Waals surface area contributed by atoms with Gasteiger partial charge in [-0.3, -0.25) is 9.59 Å². The third-order valence-corrected chi connectivity index (χ3v) is 4.32. The van der Waals surface area contributed by atoms with Crippen LogP contribution >= 0.6 is 23.4 Å². The molecule has 0 spiro atoms. The fourth-order valence-electron chi connectivity index (χ4n) is 1.46. The molecule has 0 aliphatic carbocycles. The molecular formula is C12H11ClFN3O3S. The van der Waals surface area contributed by atoms with Crippen molar-refractivity contribution >= 4 is 35.2 Å². The molecular weight excluding hydrogens is 321 g/mol. The first-order chi connectivity index (χ1) is 9.94. The van der Waals surface area contributed by atoms with Gasteiger partial charge < -0.3 is 4.74 Å². The second-order valence-corrected chi connectivity index (χ2v) is 5.45. The van der Waals surface area contributed by atoms with Crippen LogP contribution < -0.4 is 0 Å². The normalized spacial score (nSPS) is 11.4. The van der Waals surface area contributed by atoms with Crippen molar-refractivity contribution in [2.75, 3.05) is 7.11 Å². The van der Waals surface area contributed by atoms with E-state index >= 15 is 0 Å². The van der Waals surface area contributed by atoms with Gasteiger partial charge in [0.15, 0.2) is 0 Å². The number of azide groups is 1. The molecule has 1 rings (SSSR count). The topological polar surface area (TPSA) is 92.1 Å². The number of hydrogen-bond acceptors (Lipinski definition) is 4. The number of halogens is 2. The first-order valence-corrected chi connectivity index (χ1v) is 7.03. The minimum atomic E-state index is -1.06. The molecule has 0 aromatic heterocycles. The summed E-state index contributed by atoms with van der Waals surface area (Å²) in [5, 5.41) is 2.35. The number of benzene rings is 1. The maximum Gasteiger partial charge on any atom is 0.319 e. The number of methoxy groups -OCH3 is 1. The summed E-state index contributed by atoms with van der Waals surface area (Å²) in [5.74, 6) is -2.40. The van der Waals surface area contributed by atoms with Gasteiger partial charge in [-0.15, -0.1) is 11.8 Å². The Morgan fingerprint density at radius 3 is 2.76 bits per heavy atom. The van der Waals surface area contributed by atoms with E-state index in [1.807, 2.05) is 0 Å². The Labute approximate surface area is 129 Å². The van der Waals surface area contributed by atoms with Crippen LogP contribution in [0.2, 0.25) is 5.02 Å². The monoisotopic (exact) mass is 331 g/mol. The Morgan fingerprint density at radius 2 is 2.24 bits per heavy atom. The number of thioether (sulfide) groups is 1. The first-order valence-electron chi connectivity index (χ1n) is 5.77. The summed E-state index contributed by atoms with van der Waals surface area (Å²) in [7, 11) is 1.26. The number of esters is 1. The zero-order chi connectivity index (χ0) is 16.0. The number of carbonyl (C=O) groups is 2. The average Bonchev–Trinajstić information content (AvgIpc) is 2.45. The van der Waals surface area contributed by atoms with Crippen LogP contribution in [0.1, 0.15) is 23.7 Å². The minimum Gasteiger partial charge on any atom is -0.468 e. The SMILES string of the molecule is CCC(Sc1cc(C(=O)N=[N+]=[N-])c(F)cc1Cl)C(=O)OC. The predicted molar refractivity (Wildman–Crippen MR) is 76.8 cm³/mol. The molecule has 0 bridgehead atoms. The molecule has 0 fully saturated rings. The van der Waals surface area contributed by atoms with Gasteiger partial charge in [-0.2, -0.15) is 0 Å². The maximum absolute atomic E-state index is 13.7. The molecule has 1 aromatic carbocycles. The lowest BCUT2D eigenvalue weighted by Crippen LogP contribution is -2.17. The van der Waals surface area contributed by atoms with Gasteiger partial charge in [0.1, 0.15) is 11.1 Å². The molecule has 1 aromatic rings. The Morgan fingerprint density at radius 1 is 1.57 bits per heavy atom. The van der Waals surface area contributed by atoms with E-state index in [2.05, 4.69) is 14.8 Å². The average molecular weight is 332 g/mol. The van der Waals surface area contributed by atoms with E-state index in [4.69, 9.17) is 17.1 Å². The summed E-state index contributed by atoms with van der Waals surface area (Å²) in [6.45, 7) is 1.78. The number of nitrogens with zero attached hydrogens (tertiary/aromatic N) is 3. The van der Waals surface area contributed by atoms with Crippen molar-refractivity contribution in [2.45, 2.75) is 23.5 Å². The van der Waals surface area contributed by atoms with Crippen molar-refractivity contribution in [2.24, 2.45) is 5.11 Å². The second-order valence-electron chi connectivity index (χ2n) is 3.79. The van der Waals surface area contributed by atoms with Crippen molar-refractivity contribution < 1.29 is 18.7 Å². The fourth-order valence-corrected chi connectivity index (χ4v) is 2.77. The molecule has 9 heteroatoms. The lowest BCUT2D eigenvalue weighted by molar-refractivity contribution is -0.140. The van der Waals surface area contributed by atoms with Crippen LogP contribution in [0.4, 0.5) is 4.39 Å². The van der Waals surface area contributed by atoms with Crippen molar-refractivity contribution in [1.29, 1.82) is 0 Å². The van der Waals surface area contributed by atoms with E-state index in [0.717, 1.165) is 23.9 Å². The summed E-state index contributed by atoms with van der Waals surface area (Å²) in [4.78, 5) is 25.7. The van der Waals surface area contributed by atoms with Crippen molar-refractivity contribution in [3.05, 3.63) is 39.0 Å². The molecule has 0 aliphatic heterocycles. The maximum atomic E-state index is 13.7. The molecule has 0 heterocycles. The van der Waals surface area contributed by atoms with E-state index in [9.17, 15) is 14.0 Å². The van der Waals surface area contributed by atoms with E-state index in [1.165, 1.54) is 7.11 Å². The molecule has 1 unspecified atom stereocenters. The molecule has 0 saturated heterocycles. The predicted octanol–water partition coefficient (Wildman–Crippen LogP) is 3.97.